The van der Waals surface area contributed by atoms with E-state index in [1.807, 2.05) is 0 Å². The van der Waals surface area contributed by atoms with E-state index in [2.05, 4.69) is 15.0 Å². The summed E-state index contributed by atoms with van der Waals surface area (Å²) < 4.78 is 0. The van der Waals surface area contributed by atoms with Crippen LogP contribution >= 0.6 is 0 Å². The summed E-state index contributed by atoms with van der Waals surface area (Å²) in [4.78, 5) is 21.0. The van der Waals surface area contributed by atoms with E-state index in [-0.39, 0.29) is 0 Å². The third-order valence-corrected chi connectivity index (χ3v) is 1.29. The molecular weight excluding hydrogens is 178 g/mol. The molecule has 70 valence electrons. The van der Waals surface area contributed by atoms with Gasteiger partial charge in [0.25, 0.3) is 0 Å². The van der Waals surface area contributed by atoms with E-state index in [0.29, 0.717) is 5.69 Å². The molecule has 0 aliphatic carbocycles. The van der Waals surface area contributed by atoms with Gasteiger partial charge < -0.3 is 0 Å². The fourth-order valence-electron chi connectivity index (χ4n) is 0.699. The molecule has 2 rings (SSSR count). The van der Waals surface area contributed by atoms with Crippen molar-refractivity contribution in [3.8, 4) is 0 Å². The summed E-state index contributed by atoms with van der Waals surface area (Å²) in [6, 6.07) is 6.98. The Labute approximate surface area is 81.7 Å². The Hall–Kier alpha value is -2.10. The monoisotopic (exact) mass is 187 g/mol. The zero-order valence-corrected chi connectivity index (χ0v) is 7.45. The SMILES string of the molecule is O=Cc1ccccn1.c1cncnc1. The third-order valence-electron chi connectivity index (χ3n) is 1.29. The van der Waals surface area contributed by atoms with Crippen molar-refractivity contribution in [2.24, 2.45) is 0 Å². The van der Waals surface area contributed by atoms with Crippen LogP contribution in [0.3, 0.4) is 0 Å². The minimum atomic E-state index is 0.479. The number of pyridine rings is 1. The summed E-state index contributed by atoms with van der Waals surface area (Å²) in [5.74, 6) is 0. The summed E-state index contributed by atoms with van der Waals surface area (Å²) in [7, 11) is 0. The highest BCUT2D eigenvalue weighted by Gasteiger charge is 1.81. The smallest absolute Gasteiger partial charge is 0.168 e. The predicted molar refractivity (Wildman–Crippen MR) is 51.7 cm³/mol. The molecule has 0 spiro atoms. The predicted octanol–water partition coefficient (Wildman–Crippen LogP) is 1.37. The lowest BCUT2D eigenvalue weighted by atomic mass is 10.4. The molecule has 0 saturated heterocycles. The molecule has 0 amide bonds. The van der Waals surface area contributed by atoms with Crippen molar-refractivity contribution in [2.75, 3.05) is 0 Å². The summed E-state index contributed by atoms with van der Waals surface area (Å²) in [5, 5.41) is 0. The minimum absolute atomic E-state index is 0.479. The van der Waals surface area contributed by atoms with Gasteiger partial charge in [0, 0.05) is 18.6 Å². The number of rotatable bonds is 1. The molecule has 0 aromatic carbocycles. The topological polar surface area (TPSA) is 55.7 Å². The van der Waals surface area contributed by atoms with Gasteiger partial charge in [-0.2, -0.15) is 0 Å². The quantitative estimate of drug-likeness (QED) is 0.633. The molecule has 0 bridgehead atoms. The Balaban J connectivity index is 0.000000146. The van der Waals surface area contributed by atoms with Crippen LogP contribution in [0.2, 0.25) is 0 Å². The molecule has 2 aromatic rings. The number of hydrogen-bond acceptors (Lipinski definition) is 4. The van der Waals surface area contributed by atoms with Gasteiger partial charge in [-0.3, -0.25) is 9.78 Å². The van der Waals surface area contributed by atoms with Crippen LogP contribution in [0.5, 0.6) is 0 Å². The number of nitrogens with zero attached hydrogens (tertiary/aromatic N) is 3. The Kier molecular flexibility index (Phi) is 4.58. The fraction of sp³-hybridized carbons (Fsp3) is 0. The largest absolute Gasteiger partial charge is 0.296 e. The van der Waals surface area contributed by atoms with Crippen LogP contribution in [-0.2, 0) is 0 Å². The van der Waals surface area contributed by atoms with Crippen molar-refractivity contribution < 1.29 is 4.79 Å². The van der Waals surface area contributed by atoms with Crippen molar-refractivity contribution in [3.05, 3.63) is 54.9 Å². The second kappa shape index (κ2) is 6.42. The summed E-state index contributed by atoms with van der Waals surface area (Å²) in [6.07, 6.45) is 7.18. The lowest BCUT2D eigenvalue weighted by Gasteiger charge is -1.81. The lowest BCUT2D eigenvalue weighted by molar-refractivity contribution is 0.111. The van der Waals surface area contributed by atoms with E-state index in [9.17, 15) is 4.79 Å². The maximum Gasteiger partial charge on any atom is 0.168 e. The average Bonchev–Trinajstić information content (AvgIpc) is 2.33. The lowest BCUT2D eigenvalue weighted by Crippen LogP contribution is -1.80. The highest BCUT2D eigenvalue weighted by molar-refractivity contribution is 5.71. The van der Waals surface area contributed by atoms with Gasteiger partial charge in [0.15, 0.2) is 6.29 Å². The Morgan fingerprint density at radius 2 is 1.79 bits per heavy atom. The Morgan fingerprint density at radius 1 is 1.00 bits per heavy atom. The second-order valence-electron chi connectivity index (χ2n) is 2.28. The van der Waals surface area contributed by atoms with Gasteiger partial charge >= 0.3 is 0 Å². The summed E-state index contributed by atoms with van der Waals surface area (Å²) in [5.41, 5.74) is 0.479. The number of carbonyl (C=O) groups excluding carboxylic acids is 1. The molecule has 2 aromatic heterocycles. The Bertz CT molecular complexity index is 324. The number of carbonyl (C=O) groups is 1. The van der Waals surface area contributed by atoms with E-state index in [1.54, 1.807) is 42.9 Å². The van der Waals surface area contributed by atoms with Crippen molar-refractivity contribution in [1.29, 1.82) is 0 Å². The van der Waals surface area contributed by atoms with Gasteiger partial charge in [0.2, 0.25) is 0 Å². The van der Waals surface area contributed by atoms with Crippen LogP contribution in [-0.4, -0.2) is 21.2 Å². The molecule has 4 nitrogen and oxygen atoms in total. The molecule has 14 heavy (non-hydrogen) atoms. The van der Waals surface area contributed by atoms with Crippen LogP contribution in [0, 0.1) is 0 Å². The van der Waals surface area contributed by atoms with Gasteiger partial charge in [-0.05, 0) is 18.2 Å². The molecule has 0 saturated carbocycles. The first-order valence-electron chi connectivity index (χ1n) is 3.99. The van der Waals surface area contributed by atoms with Crippen LogP contribution in [0.25, 0.3) is 0 Å². The van der Waals surface area contributed by atoms with Gasteiger partial charge in [-0.25, -0.2) is 9.97 Å². The molecule has 0 aliphatic rings. The van der Waals surface area contributed by atoms with E-state index in [4.69, 9.17) is 0 Å². The minimum Gasteiger partial charge on any atom is -0.296 e. The number of aldehydes is 1. The van der Waals surface area contributed by atoms with E-state index in [0.717, 1.165) is 6.29 Å². The highest BCUT2D eigenvalue weighted by Crippen LogP contribution is 1.85. The maximum absolute atomic E-state index is 9.94. The van der Waals surface area contributed by atoms with Crippen molar-refractivity contribution >= 4 is 6.29 Å². The molecule has 0 atom stereocenters. The summed E-state index contributed by atoms with van der Waals surface area (Å²) >= 11 is 0. The van der Waals surface area contributed by atoms with Crippen molar-refractivity contribution in [1.82, 2.24) is 15.0 Å². The van der Waals surface area contributed by atoms with E-state index >= 15 is 0 Å². The second-order valence-corrected chi connectivity index (χ2v) is 2.28. The first-order chi connectivity index (χ1) is 6.93. The normalized spacial score (nSPS) is 8.29. The molecule has 0 unspecified atom stereocenters. The molecule has 0 N–H and O–H groups in total. The number of aromatic nitrogens is 3. The Morgan fingerprint density at radius 3 is 2.07 bits per heavy atom. The van der Waals surface area contributed by atoms with Gasteiger partial charge in [-0.15, -0.1) is 0 Å². The molecule has 0 radical (unpaired) electrons. The zero-order valence-electron chi connectivity index (χ0n) is 7.45. The first kappa shape index (κ1) is 9.98. The van der Waals surface area contributed by atoms with Crippen molar-refractivity contribution in [3.63, 3.8) is 0 Å². The molecule has 0 fully saturated rings. The van der Waals surface area contributed by atoms with Gasteiger partial charge in [0.1, 0.15) is 12.0 Å². The summed E-state index contributed by atoms with van der Waals surface area (Å²) in [6.45, 7) is 0. The van der Waals surface area contributed by atoms with Crippen LogP contribution in [0.4, 0.5) is 0 Å². The molecule has 4 heteroatoms. The van der Waals surface area contributed by atoms with Gasteiger partial charge in [-0.1, -0.05) is 6.07 Å². The van der Waals surface area contributed by atoms with E-state index in [1.165, 1.54) is 6.33 Å². The molecule has 0 aliphatic heterocycles. The van der Waals surface area contributed by atoms with E-state index < -0.39 is 0 Å². The standard InChI is InChI=1S/C6H5NO.C4H4N2/c8-5-6-3-1-2-4-7-6;1-2-5-4-6-3-1/h1-5H;1-4H. The molecular formula is C10H9N3O. The van der Waals surface area contributed by atoms with Crippen LogP contribution < -0.4 is 0 Å². The van der Waals surface area contributed by atoms with Gasteiger partial charge in [0.05, 0.1) is 0 Å². The highest BCUT2D eigenvalue weighted by atomic mass is 16.1. The maximum atomic E-state index is 9.94. The van der Waals surface area contributed by atoms with Crippen LogP contribution in [0.1, 0.15) is 10.5 Å². The van der Waals surface area contributed by atoms with Crippen LogP contribution in [0.15, 0.2) is 49.2 Å². The first-order valence-corrected chi connectivity index (χ1v) is 3.99. The fourth-order valence-corrected chi connectivity index (χ4v) is 0.699. The third kappa shape index (κ3) is 4.06. The average molecular weight is 187 g/mol. The molecule has 2 heterocycles. The van der Waals surface area contributed by atoms with Crippen molar-refractivity contribution in [2.45, 2.75) is 0 Å². The number of hydrogen-bond donors (Lipinski definition) is 0. The zero-order chi connectivity index (χ0) is 10.1.